The van der Waals surface area contributed by atoms with Gasteiger partial charge >= 0.3 is 10.2 Å². The average molecular weight is 586 g/mol. The Morgan fingerprint density at radius 3 is 2.18 bits per heavy atom. The van der Waals surface area contributed by atoms with Gasteiger partial charge in [-0.25, -0.2) is 5.01 Å². The van der Waals surface area contributed by atoms with E-state index >= 15 is 0 Å². The Balaban J connectivity index is 1.60. The predicted molar refractivity (Wildman–Crippen MR) is 155 cm³/mol. The summed E-state index contributed by atoms with van der Waals surface area (Å²) in [6.45, 7) is 1.28. The lowest BCUT2D eigenvalue weighted by molar-refractivity contribution is 0.0730. The van der Waals surface area contributed by atoms with E-state index in [2.05, 4.69) is 9.39 Å². The number of ether oxygens (including phenoxy) is 1. The van der Waals surface area contributed by atoms with Crippen LogP contribution in [0.1, 0.15) is 22.6 Å². The Labute approximate surface area is 237 Å². The molecule has 1 saturated heterocycles. The van der Waals surface area contributed by atoms with Crippen LogP contribution in [0, 0.1) is 0 Å². The number of nitrogens with two attached hydrogens (primary N) is 1. The van der Waals surface area contributed by atoms with Gasteiger partial charge in [-0.1, -0.05) is 65.7 Å². The molecule has 0 aromatic heterocycles. The van der Waals surface area contributed by atoms with E-state index in [1.807, 2.05) is 42.5 Å². The van der Waals surface area contributed by atoms with Crippen LogP contribution in [0.25, 0.3) is 0 Å². The number of rotatable bonds is 5. The lowest BCUT2D eigenvalue weighted by Gasteiger charge is -2.24. The van der Waals surface area contributed by atoms with Crippen molar-refractivity contribution in [2.24, 2.45) is 20.2 Å². The van der Waals surface area contributed by atoms with E-state index in [9.17, 15) is 8.42 Å². The standard InChI is InChI=1S/C27H26Cl2N6O3S/c28-22-10-6-20(7-11-22)25-24(19-4-2-1-3-5-19)18-35(32-25)27(31-26(30)21-8-12-23(29)13-9-21)33-39(36,37)34-14-16-38-17-15-34/h1-13,24H,14-18H2,(H2,30,31,33). The number of aliphatic imine (C=N–C) groups is 1. The summed E-state index contributed by atoms with van der Waals surface area (Å²) < 4.78 is 37.3. The van der Waals surface area contributed by atoms with Gasteiger partial charge in [-0.05, 0) is 47.5 Å². The van der Waals surface area contributed by atoms with Crippen LogP contribution in [0.5, 0.6) is 0 Å². The third kappa shape index (κ3) is 6.48. The first-order valence-electron chi connectivity index (χ1n) is 12.2. The molecule has 0 saturated carbocycles. The zero-order valence-electron chi connectivity index (χ0n) is 20.8. The van der Waals surface area contributed by atoms with Gasteiger partial charge in [0.2, 0.25) is 0 Å². The Kier molecular flexibility index (Phi) is 8.29. The predicted octanol–water partition coefficient (Wildman–Crippen LogP) is 4.14. The third-order valence-corrected chi connectivity index (χ3v) is 8.26. The molecule has 0 radical (unpaired) electrons. The molecule has 12 heteroatoms. The second-order valence-electron chi connectivity index (χ2n) is 8.92. The molecular weight excluding hydrogens is 559 g/mol. The third-order valence-electron chi connectivity index (χ3n) is 6.34. The minimum absolute atomic E-state index is 0.0778. The molecule has 3 aromatic carbocycles. The van der Waals surface area contributed by atoms with Crippen molar-refractivity contribution in [3.05, 3.63) is 106 Å². The Bertz CT molecular complexity index is 1510. The summed E-state index contributed by atoms with van der Waals surface area (Å²) >= 11 is 12.2. The number of nitrogens with zero attached hydrogens (tertiary/aromatic N) is 5. The van der Waals surface area contributed by atoms with Crippen molar-refractivity contribution in [2.75, 3.05) is 32.8 Å². The van der Waals surface area contributed by atoms with Crippen molar-refractivity contribution in [3.8, 4) is 0 Å². The minimum Gasteiger partial charge on any atom is -0.383 e. The van der Waals surface area contributed by atoms with Crippen molar-refractivity contribution in [1.29, 1.82) is 0 Å². The van der Waals surface area contributed by atoms with Crippen LogP contribution in [0.2, 0.25) is 10.0 Å². The lowest BCUT2D eigenvalue weighted by Crippen LogP contribution is -2.40. The van der Waals surface area contributed by atoms with E-state index in [4.69, 9.17) is 38.8 Å². The van der Waals surface area contributed by atoms with Gasteiger partial charge in [-0.15, -0.1) is 4.40 Å². The molecule has 2 aliphatic heterocycles. The molecule has 9 nitrogen and oxygen atoms in total. The Morgan fingerprint density at radius 2 is 1.54 bits per heavy atom. The molecule has 1 unspecified atom stereocenters. The number of hydrogen-bond donors (Lipinski definition) is 1. The van der Waals surface area contributed by atoms with Gasteiger partial charge in [0.1, 0.15) is 5.84 Å². The highest BCUT2D eigenvalue weighted by atomic mass is 35.5. The van der Waals surface area contributed by atoms with Gasteiger partial charge in [0.15, 0.2) is 0 Å². The molecule has 39 heavy (non-hydrogen) atoms. The van der Waals surface area contributed by atoms with Crippen LogP contribution < -0.4 is 5.73 Å². The summed E-state index contributed by atoms with van der Waals surface area (Å²) in [4.78, 5) is 4.47. The Morgan fingerprint density at radius 1 is 0.923 bits per heavy atom. The molecule has 1 fully saturated rings. The second kappa shape index (κ2) is 11.8. The van der Waals surface area contributed by atoms with E-state index in [1.54, 1.807) is 36.4 Å². The largest absolute Gasteiger partial charge is 0.383 e. The van der Waals surface area contributed by atoms with Gasteiger partial charge in [-0.3, -0.25) is 0 Å². The van der Waals surface area contributed by atoms with E-state index in [0.717, 1.165) is 16.8 Å². The molecule has 2 heterocycles. The zero-order chi connectivity index (χ0) is 27.4. The molecule has 5 rings (SSSR count). The molecule has 3 aromatic rings. The smallest absolute Gasteiger partial charge is 0.325 e. The molecule has 0 bridgehead atoms. The van der Waals surface area contributed by atoms with Gasteiger partial charge in [-0.2, -0.15) is 22.8 Å². The average Bonchev–Trinajstić information content (AvgIpc) is 3.40. The van der Waals surface area contributed by atoms with Crippen LogP contribution in [-0.4, -0.2) is 68.1 Å². The number of hydrazone groups is 1. The lowest BCUT2D eigenvalue weighted by atomic mass is 9.91. The highest BCUT2D eigenvalue weighted by molar-refractivity contribution is 7.87. The summed E-state index contributed by atoms with van der Waals surface area (Å²) in [7, 11) is -4.10. The number of morpholine rings is 1. The van der Waals surface area contributed by atoms with Crippen LogP contribution >= 0.6 is 23.2 Å². The van der Waals surface area contributed by atoms with E-state index in [0.29, 0.717) is 35.4 Å². The second-order valence-corrected chi connectivity index (χ2v) is 11.4. The monoisotopic (exact) mass is 584 g/mol. The first-order chi connectivity index (χ1) is 18.8. The van der Waals surface area contributed by atoms with Crippen molar-refractivity contribution < 1.29 is 13.2 Å². The van der Waals surface area contributed by atoms with Crippen LogP contribution in [0.15, 0.2) is 93.4 Å². The highest BCUT2D eigenvalue weighted by Gasteiger charge is 2.33. The first kappa shape index (κ1) is 27.3. The minimum atomic E-state index is -4.10. The summed E-state index contributed by atoms with van der Waals surface area (Å²) in [5.41, 5.74) is 9.49. The maximum absolute atomic E-state index is 13.3. The normalized spacial score (nSPS) is 19.3. The van der Waals surface area contributed by atoms with Crippen molar-refractivity contribution >= 4 is 50.9 Å². The number of benzene rings is 3. The SMILES string of the molecule is NC(=NC(=NS(=O)(=O)N1CCOCC1)N1CC(c2ccccc2)C(c2ccc(Cl)cc2)=N1)c1ccc(Cl)cc1. The fraction of sp³-hybridized carbons (Fsp3) is 0.222. The van der Waals surface area contributed by atoms with E-state index in [1.165, 1.54) is 9.31 Å². The first-order valence-corrected chi connectivity index (χ1v) is 14.4. The van der Waals surface area contributed by atoms with Gasteiger partial charge < -0.3 is 10.5 Å². The molecule has 2 N–H and O–H groups in total. The van der Waals surface area contributed by atoms with Crippen LogP contribution in [0.4, 0.5) is 0 Å². The molecular formula is C27H26Cl2N6O3S. The van der Waals surface area contributed by atoms with E-state index < -0.39 is 10.2 Å². The fourth-order valence-electron chi connectivity index (χ4n) is 4.31. The summed E-state index contributed by atoms with van der Waals surface area (Å²) in [5, 5.41) is 7.45. The molecule has 202 valence electrons. The molecule has 0 spiro atoms. The number of amidine groups is 1. The van der Waals surface area contributed by atoms with Crippen LogP contribution in [0.3, 0.4) is 0 Å². The number of hydrogen-bond acceptors (Lipinski definition) is 4. The van der Waals surface area contributed by atoms with Crippen molar-refractivity contribution in [3.63, 3.8) is 0 Å². The number of halogens is 2. The molecule has 0 aliphatic carbocycles. The van der Waals surface area contributed by atoms with Gasteiger partial charge in [0, 0.05) is 34.6 Å². The Hall–Kier alpha value is -3.28. The molecule has 0 amide bonds. The summed E-state index contributed by atoms with van der Waals surface area (Å²) in [6.07, 6.45) is 0. The summed E-state index contributed by atoms with van der Waals surface area (Å²) in [5.74, 6) is -0.247. The van der Waals surface area contributed by atoms with Gasteiger partial charge in [0.05, 0.1) is 25.5 Å². The maximum Gasteiger partial charge on any atom is 0.325 e. The van der Waals surface area contributed by atoms with Crippen molar-refractivity contribution in [1.82, 2.24) is 9.31 Å². The number of guanidine groups is 1. The topological polar surface area (TPSA) is 113 Å². The van der Waals surface area contributed by atoms with Crippen molar-refractivity contribution in [2.45, 2.75) is 5.92 Å². The quantitative estimate of drug-likeness (QED) is 0.358. The summed E-state index contributed by atoms with van der Waals surface area (Å²) in [6, 6.07) is 24.0. The maximum atomic E-state index is 13.3. The van der Waals surface area contributed by atoms with E-state index in [-0.39, 0.29) is 30.8 Å². The zero-order valence-corrected chi connectivity index (χ0v) is 23.1. The fourth-order valence-corrected chi connectivity index (χ4v) is 5.63. The molecule has 1 atom stereocenters. The van der Waals surface area contributed by atoms with Crippen LogP contribution in [-0.2, 0) is 14.9 Å². The highest BCUT2D eigenvalue weighted by Crippen LogP contribution is 2.30. The van der Waals surface area contributed by atoms with Gasteiger partial charge in [0.25, 0.3) is 5.96 Å². The molecule has 2 aliphatic rings.